The van der Waals surface area contributed by atoms with Gasteiger partial charge in [-0.2, -0.15) is 0 Å². The van der Waals surface area contributed by atoms with E-state index < -0.39 is 12.1 Å². The number of rotatable bonds is 4. The van der Waals surface area contributed by atoms with Gasteiger partial charge in [-0.05, 0) is 39.0 Å². The molecular formula is C23H20N2O3. The number of pyridine rings is 1. The number of nitrogens with zero attached hydrogens (tertiary/aromatic N) is 1. The second-order valence-corrected chi connectivity index (χ2v) is 6.91. The molecule has 1 atom stereocenters. The summed E-state index contributed by atoms with van der Waals surface area (Å²) < 4.78 is 5.56. The summed E-state index contributed by atoms with van der Waals surface area (Å²) in [5.41, 5.74) is 4.07. The maximum atomic E-state index is 13.0. The van der Waals surface area contributed by atoms with E-state index in [0.717, 1.165) is 27.8 Å². The monoisotopic (exact) mass is 372 g/mol. The van der Waals surface area contributed by atoms with Gasteiger partial charge in [0.05, 0.1) is 11.1 Å². The van der Waals surface area contributed by atoms with Gasteiger partial charge in [-0.3, -0.25) is 9.78 Å². The van der Waals surface area contributed by atoms with Crippen LogP contribution in [0.3, 0.4) is 0 Å². The second-order valence-electron chi connectivity index (χ2n) is 6.91. The molecule has 1 N–H and O–H groups in total. The van der Waals surface area contributed by atoms with E-state index in [1.807, 2.05) is 62.4 Å². The van der Waals surface area contributed by atoms with Crippen LogP contribution in [-0.4, -0.2) is 27.8 Å². The van der Waals surface area contributed by atoms with E-state index in [9.17, 15) is 9.59 Å². The predicted octanol–water partition coefficient (Wildman–Crippen LogP) is 4.76. The number of Topliss-reactive ketones (excluding diaryl/α,β-unsaturated/α-hetero) is 1. The zero-order valence-corrected chi connectivity index (χ0v) is 15.9. The van der Waals surface area contributed by atoms with E-state index in [4.69, 9.17) is 4.74 Å². The molecule has 0 aliphatic rings. The number of ketones is 1. The first-order valence-corrected chi connectivity index (χ1v) is 9.14. The van der Waals surface area contributed by atoms with Crippen molar-refractivity contribution >= 4 is 33.6 Å². The highest BCUT2D eigenvalue weighted by molar-refractivity contribution is 6.12. The largest absolute Gasteiger partial charge is 0.451 e. The van der Waals surface area contributed by atoms with Gasteiger partial charge < -0.3 is 9.72 Å². The van der Waals surface area contributed by atoms with Crippen molar-refractivity contribution < 1.29 is 14.3 Å². The molecule has 0 aliphatic heterocycles. The minimum absolute atomic E-state index is 0.224. The normalized spacial score (nSPS) is 12.2. The number of aromatic amines is 1. The number of carbonyl (C=O) groups excluding carboxylic acids is 2. The Hall–Kier alpha value is -3.47. The SMILES string of the molecule is Cc1cc(C(=O)O[C@@H](C)C(=O)c2c(C)[nH]c3ccccc23)c2ccccc2n1. The summed E-state index contributed by atoms with van der Waals surface area (Å²) in [6.45, 7) is 5.28. The minimum Gasteiger partial charge on any atom is -0.451 e. The van der Waals surface area contributed by atoms with Crippen LogP contribution in [0.4, 0.5) is 0 Å². The third-order valence-corrected chi connectivity index (χ3v) is 4.86. The van der Waals surface area contributed by atoms with Crippen LogP contribution >= 0.6 is 0 Å². The fraction of sp³-hybridized carbons (Fsp3) is 0.174. The number of H-pyrrole nitrogens is 1. The first kappa shape index (κ1) is 17.9. The van der Waals surface area contributed by atoms with Gasteiger partial charge in [0.15, 0.2) is 6.10 Å². The maximum Gasteiger partial charge on any atom is 0.339 e. The fourth-order valence-corrected chi connectivity index (χ4v) is 3.55. The topological polar surface area (TPSA) is 72.1 Å². The summed E-state index contributed by atoms with van der Waals surface area (Å²) in [5.74, 6) is -0.751. The lowest BCUT2D eigenvalue weighted by Gasteiger charge is -2.14. The Kier molecular flexibility index (Phi) is 4.43. The first-order valence-electron chi connectivity index (χ1n) is 9.14. The van der Waals surface area contributed by atoms with Gasteiger partial charge in [0.25, 0.3) is 0 Å². The van der Waals surface area contributed by atoms with E-state index in [1.165, 1.54) is 0 Å². The number of carbonyl (C=O) groups is 2. The number of aromatic nitrogens is 2. The van der Waals surface area contributed by atoms with Crippen molar-refractivity contribution in [2.24, 2.45) is 0 Å². The summed E-state index contributed by atoms with van der Waals surface area (Å²) in [6.07, 6.45) is -0.905. The number of benzene rings is 2. The van der Waals surface area contributed by atoms with Gasteiger partial charge in [-0.1, -0.05) is 36.4 Å². The fourth-order valence-electron chi connectivity index (χ4n) is 3.55. The molecule has 4 aromatic rings. The summed E-state index contributed by atoms with van der Waals surface area (Å²) in [5, 5.41) is 1.54. The quantitative estimate of drug-likeness (QED) is 0.414. The lowest BCUT2D eigenvalue weighted by atomic mass is 10.0. The van der Waals surface area contributed by atoms with Crippen molar-refractivity contribution in [3.8, 4) is 0 Å². The molecule has 0 radical (unpaired) electrons. The number of hydrogen-bond acceptors (Lipinski definition) is 4. The van der Waals surface area contributed by atoms with E-state index in [1.54, 1.807) is 13.0 Å². The average molecular weight is 372 g/mol. The van der Waals surface area contributed by atoms with E-state index in [2.05, 4.69) is 9.97 Å². The molecule has 0 unspecified atom stereocenters. The molecule has 5 nitrogen and oxygen atoms in total. The summed E-state index contributed by atoms with van der Waals surface area (Å²) in [7, 11) is 0. The van der Waals surface area contributed by atoms with Crippen molar-refractivity contribution in [1.82, 2.24) is 9.97 Å². The lowest BCUT2D eigenvalue weighted by molar-refractivity contribution is 0.0321. The van der Waals surface area contributed by atoms with Crippen LogP contribution in [-0.2, 0) is 4.74 Å². The van der Waals surface area contributed by atoms with Gasteiger partial charge in [-0.15, -0.1) is 0 Å². The summed E-state index contributed by atoms with van der Waals surface area (Å²) in [4.78, 5) is 33.5. The van der Waals surface area contributed by atoms with Crippen molar-refractivity contribution in [3.05, 3.63) is 77.1 Å². The predicted molar refractivity (Wildman–Crippen MR) is 109 cm³/mol. The molecule has 0 saturated heterocycles. The van der Waals surface area contributed by atoms with Crippen molar-refractivity contribution in [2.45, 2.75) is 26.9 Å². The number of fused-ring (bicyclic) bond motifs is 2. The Balaban J connectivity index is 1.65. The molecule has 0 aliphatic carbocycles. The van der Waals surface area contributed by atoms with E-state index >= 15 is 0 Å². The number of nitrogens with one attached hydrogen (secondary N) is 1. The van der Waals surface area contributed by atoms with Gasteiger partial charge in [0, 0.05) is 33.2 Å². The van der Waals surface area contributed by atoms with Gasteiger partial charge in [-0.25, -0.2) is 4.79 Å². The average Bonchev–Trinajstić information content (AvgIpc) is 3.02. The van der Waals surface area contributed by atoms with Crippen molar-refractivity contribution in [1.29, 1.82) is 0 Å². The highest BCUT2D eigenvalue weighted by Gasteiger charge is 2.25. The zero-order chi connectivity index (χ0) is 19.8. The van der Waals surface area contributed by atoms with Crippen LogP contribution in [0.1, 0.15) is 39.0 Å². The molecule has 2 heterocycles. The number of aryl methyl sites for hydroxylation is 2. The van der Waals surface area contributed by atoms with Gasteiger partial charge >= 0.3 is 5.97 Å². The van der Waals surface area contributed by atoms with Crippen molar-refractivity contribution in [2.75, 3.05) is 0 Å². The summed E-state index contributed by atoms with van der Waals surface area (Å²) >= 11 is 0. The Labute approximate surface area is 162 Å². The zero-order valence-electron chi connectivity index (χ0n) is 15.9. The lowest BCUT2D eigenvalue weighted by Crippen LogP contribution is -2.25. The van der Waals surface area contributed by atoms with E-state index in [-0.39, 0.29) is 5.78 Å². The Morgan fingerprint density at radius 3 is 2.46 bits per heavy atom. The van der Waals surface area contributed by atoms with Crippen LogP contribution in [0.15, 0.2) is 54.6 Å². The smallest absolute Gasteiger partial charge is 0.339 e. The Morgan fingerprint density at radius 2 is 1.68 bits per heavy atom. The Bertz CT molecular complexity index is 1220. The number of ether oxygens (including phenoxy) is 1. The molecule has 4 rings (SSSR count). The van der Waals surface area contributed by atoms with Crippen molar-refractivity contribution in [3.63, 3.8) is 0 Å². The minimum atomic E-state index is -0.905. The molecule has 2 aromatic carbocycles. The molecule has 0 amide bonds. The molecule has 140 valence electrons. The van der Waals surface area contributed by atoms with Crippen LogP contribution in [0.5, 0.6) is 0 Å². The third-order valence-electron chi connectivity index (χ3n) is 4.86. The molecule has 2 aromatic heterocycles. The molecule has 5 heteroatoms. The molecular weight excluding hydrogens is 352 g/mol. The summed E-state index contributed by atoms with van der Waals surface area (Å²) in [6, 6.07) is 16.7. The van der Waals surface area contributed by atoms with E-state index in [0.29, 0.717) is 16.5 Å². The maximum absolute atomic E-state index is 13.0. The van der Waals surface area contributed by atoms with Gasteiger partial charge in [0.2, 0.25) is 5.78 Å². The Morgan fingerprint density at radius 1 is 1.00 bits per heavy atom. The molecule has 0 bridgehead atoms. The molecule has 28 heavy (non-hydrogen) atoms. The van der Waals surface area contributed by atoms with Crippen LogP contribution in [0.2, 0.25) is 0 Å². The van der Waals surface area contributed by atoms with Crippen LogP contribution in [0, 0.1) is 13.8 Å². The highest BCUT2D eigenvalue weighted by Crippen LogP contribution is 2.25. The number of hydrogen-bond donors (Lipinski definition) is 1. The second kappa shape index (κ2) is 6.93. The third kappa shape index (κ3) is 3.05. The molecule has 0 saturated carbocycles. The highest BCUT2D eigenvalue weighted by atomic mass is 16.5. The molecule has 0 fully saturated rings. The standard InChI is InChI=1S/C23H20N2O3/c1-13-12-18(16-8-4-6-10-19(16)24-13)23(27)28-15(3)22(26)21-14(2)25-20-11-7-5-9-17(20)21/h4-12,15,25H,1-3H3/t15-/m0/s1. The van der Waals surface area contributed by atoms with Crippen LogP contribution in [0.25, 0.3) is 21.8 Å². The van der Waals surface area contributed by atoms with Gasteiger partial charge in [0.1, 0.15) is 0 Å². The number of para-hydroxylation sites is 2. The first-order chi connectivity index (χ1) is 13.5. The molecule has 0 spiro atoms. The van der Waals surface area contributed by atoms with Crippen LogP contribution < -0.4 is 0 Å². The number of esters is 1.